The molecule has 5 nitrogen and oxygen atoms in total. The van der Waals surface area contributed by atoms with Gasteiger partial charge in [0.15, 0.2) is 0 Å². The minimum absolute atomic E-state index is 0.0105. The molecule has 1 saturated heterocycles. The van der Waals surface area contributed by atoms with Crippen LogP contribution in [-0.4, -0.2) is 51.5 Å². The third-order valence-electron chi connectivity index (χ3n) is 7.04. The lowest BCUT2D eigenvalue weighted by molar-refractivity contribution is -0.153. The number of piperidine rings is 1. The molecule has 2 aliphatic rings. The molecule has 6 heteroatoms. The van der Waals surface area contributed by atoms with Gasteiger partial charge >= 0.3 is 0 Å². The topological polar surface area (TPSA) is 59.6 Å². The maximum Gasteiger partial charge on any atom is 0.230 e. The van der Waals surface area contributed by atoms with E-state index in [9.17, 15) is 9.90 Å². The minimum Gasteiger partial charge on any atom is -0.393 e. The second-order valence-corrected chi connectivity index (χ2v) is 9.41. The van der Waals surface area contributed by atoms with Gasteiger partial charge in [0.2, 0.25) is 5.91 Å². The summed E-state index contributed by atoms with van der Waals surface area (Å²) in [7, 11) is 2.05. The normalized spacial score (nSPS) is 24.4. The number of hydrogen-bond acceptors (Lipinski definition) is 3. The van der Waals surface area contributed by atoms with Crippen LogP contribution in [0.5, 0.6) is 0 Å². The highest BCUT2D eigenvalue weighted by atomic mass is 35.5. The van der Waals surface area contributed by atoms with Crippen molar-refractivity contribution in [3.05, 3.63) is 70.4 Å². The van der Waals surface area contributed by atoms with Crippen LogP contribution in [0.4, 0.5) is 0 Å². The number of H-pyrrole nitrogens is 1. The Morgan fingerprint density at radius 1 is 1.23 bits per heavy atom. The summed E-state index contributed by atoms with van der Waals surface area (Å²) >= 11 is 6.04. The number of fused-ring (bicyclic) bond motifs is 5. The maximum absolute atomic E-state index is 13.5. The molecule has 3 aromatic rings. The number of aromatic nitrogens is 1. The Balaban J connectivity index is 1.49. The molecule has 1 fully saturated rings. The molecule has 0 bridgehead atoms. The van der Waals surface area contributed by atoms with E-state index in [-0.39, 0.29) is 18.0 Å². The van der Waals surface area contributed by atoms with Gasteiger partial charge in [0.1, 0.15) is 0 Å². The Labute approximate surface area is 187 Å². The van der Waals surface area contributed by atoms with E-state index < -0.39 is 12.0 Å². The van der Waals surface area contributed by atoms with Crippen LogP contribution in [-0.2, 0) is 17.8 Å². The standard InChI is InChI=1S/C25H28ClN3O2/c1-15(30)23-21(28(2)14-16-7-9-17(26)10-8-16)13-22-24-19(11-12-29(22)25(23)31)18-5-3-4-6-20(18)27-24/h3-10,15,21-23,27,30H,11-14H2,1-2H3. The highest BCUT2D eigenvalue weighted by molar-refractivity contribution is 6.30. The van der Waals surface area contributed by atoms with E-state index in [0.29, 0.717) is 18.1 Å². The molecule has 4 atom stereocenters. The molecular weight excluding hydrogens is 410 g/mol. The Hall–Kier alpha value is -2.34. The molecule has 0 radical (unpaired) electrons. The maximum atomic E-state index is 13.5. The average molecular weight is 438 g/mol. The van der Waals surface area contributed by atoms with Gasteiger partial charge in [-0.05, 0) is 56.1 Å². The molecule has 162 valence electrons. The number of amides is 1. The van der Waals surface area contributed by atoms with E-state index in [1.807, 2.05) is 42.3 Å². The Morgan fingerprint density at radius 3 is 2.71 bits per heavy atom. The zero-order valence-corrected chi connectivity index (χ0v) is 18.6. The van der Waals surface area contributed by atoms with Crippen LogP contribution in [0.3, 0.4) is 0 Å². The molecule has 0 saturated carbocycles. The number of aliphatic hydroxyl groups is 1. The summed E-state index contributed by atoms with van der Waals surface area (Å²) in [6.45, 7) is 3.14. The average Bonchev–Trinajstić information content (AvgIpc) is 3.14. The second-order valence-electron chi connectivity index (χ2n) is 8.97. The number of nitrogens with zero attached hydrogens (tertiary/aromatic N) is 2. The van der Waals surface area contributed by atoms with Gasteiger partial charge in [0.25, 0.3) is 0 Å². The lowest BCUT2D eigenvalue weighted by Gasteiger charge is -2.49. The number of aromatic amines is 1. The smallest absolute Gasteiger partial charge is 0.230 e. The SMILES string of the molecule is CC(O)C1C(=O)N2CCc3c([nH]c4ccccc34)C2CC1N(C)Cc1ccc(Cl)cc1. The first-order valence-electron chi connectivity index (χ1n) is 11.0. The fourth-order valence-electron chi connectivity index (χ4n) is 5.54. The summed E-state index contributed by atoms with van der Waals surface area (Å²) < 4.78 is 0. The van der Waals surface area contributed by atoms with Crippen molar-refractivity contribution >= 4 is 28.4 Å². The predicted molar refractivity (Wildman–Crippen MR) is 123 cm³/mol. The number of aliphatic hydroxyl groups excluding tert-OH is 1. The Kier molecular flexibility index (Phi) is 5.29. The summed E-state index contributed by atoms with van der Waals surface area (Å²) in [4.78, 5) is 21.4. The number of carbonyl (C=O) groups is 1. The van der Waals surface area contributed by atoms with Gasteiger partial charge < -0.3 is 15.0 Å². The molecule has 0 aliphatic carbocycles. The molecule has 1 aromatic heterocycles. The van der Waals surface area contributed by atoms with Crippen LogP contribution < -0.4 is 0 Å². The van der Waals surface area contributed by atoms with Gasteiger partial charge in [-0.25, -0.2) is 0 Å². The van der Waals surface area contributed by atoms with Crippen LogP contribution in [0.15, 0.2) is 48.5 Å². The van der Waals surface area contributed by atoms with E-state index in [2.05, 4.69) is 28.1 Å². The van der Waals surface area contributed by atoms with Gasteiger partial charge in [-0.1, -0.05) is 41.9 Å². The fraction of sp³-hybridized carbons (Fsp3) is 0.400. The second kappa shape index (κ2) is 7.97. The third-order valence-corrected chi connectivity index (χ3v) is 7.29. The first-order valence-corrected chi connectivity index (χ1v) is 11.3. The van der Waals surface area contributed by atoms with Crippen molar-refractivity contribution in [3.8, 4) is 0 Å². The molecule has 2 N–H and O–H groups in total. The molecule has 3 heterocycles. The van der Waals surface area contributed by atoms with E-state index >= 15 is 0 Å². The lowest BCUT2D eigenvalue weighted by Crippen LogP contribution is -2.58. The van der Waals surface area contributed by atoms with E-state index in [4.69, 9.17) is 11.6 Å². The van der Waals surface area contributed by atoms with Crippen molar-refractivity contribution < 1.29 is 9.90 Å². The van der Waals surface area contributed by atoms with Crippen LogP contribution in [0.1, 0.15) is 36.2 Å². The van der Waals surface area contributed by atoms with Crippen LogP contribution in [0.2, 0.25) is 5.02 Å². The van der Waals surface area contributed by atoms with Gasteiger partial charge in [-0.2, -0.15) is 0 Å². The fourth-order valence-corrected chi connectivity index (χ4v) is 5.66. The van der Waals surface area contributed by atoms with E-state index in [1.165, 1.54) is 10.9 Å². The quantitative estimate of drug-likeness (QED) is 0.644. The first kappa shape index (κ1) is 20.6. The zero-order valence-electron chi connectivity index (χ0n) is 17.9. The lowest BCUT2D eigenvalue weighted by atomic mass is 9.79. The van der Waals surface area contributed by atoms with Crippen molar-refractivity contribution in [2.45, 2.75) is 44.5 Å². The van der Waals surface area contributed by atoms with Crippen LogP contribution in [0.25, 0.3) is 10.9 Å². The van der Waals surface area contributed by atoms with Crippen molar-refractivity contribution in [2.24, 2.45) is 5.92 Å². The highest BCUT2D eigenvalue weighted by Gasteiger charge is 2.48. The molecule has 2 aromatic carbocycles. The molecule has 1 amide bonds. The van der Waals surface area contributed by atoms with Crippen molar-refractivity contribution in [2.75, 3.05) is 13.6 Å². The molecule has 31 heavy (non-hydrogen) atoms. The summed E-state index contributed by atoms with van der Waals surface area (Å²) in [6, 6.07) is 16.1. The largest absolute Gasteiger partial charge is 0.393 e. The van der Waals surface area contributed by atoms with Gasteiger partial charge in [0.05, 0.1) is 18.1 Å². The van der Waals surface area contributed by atoms with Crippen molar-refractivity contribution in [3.63, 3.8) is 0 Å². The van der Waals surface area contributed by atoms with E-state index in [0.717, 1.165) is 29.6 Å². The first-order chi connectivity index (χ1) is 14.9. The summed E-state index contributed by atoms with van der Waals surface area (Å²) in [5.41, 5.74) is 4.76. The summed E-state index contributed by atoms with van der Waals surface area (Å²) in [5.74, 6) is -0.372. The molecule has 4 unspecified atom stereocenters. The number of benzene rings is 2. The number of hydrogen-bond donors (Lipinski definition) is 2. The van der Waals surface area contributed by atoms with Gasteiger partial charge in [-0.3, -0.25) is 9.69 Å². The molecule has 2 aliphatic heterocycles. The van der Waals surface area contributed by atoms with Gasteiger partial charge in [0, 0.05) is 40.8 Å². The highest BCUT2D eigenvalue weighted by Crippen LogP contribution is 2.43. The third kappa shape index (κ3) is 3.55. The molecule has 0 spiro atoms. The molecule has 5 rings (SSSR count). The number of rotatable bonds is 4. The Morgan fingerprint density at radius 2 is 1.97 bits per heavy atom. The van der Waals surface area contributed by atoms with E-state index in [1.54, 1.807) is 6.92 Å². The Bertz CT molecular complexity index is 1110. The van der Waals surface area contributed by atoms with Crippen LogP contribution >= 0.6 is 11.6 Å². The molecular formula is C25H28ClN3O2. The summed E-state index contributed by atoms with van der Waals surface area (Å²) in [5, 5.41) is 12.5. The summed E-state index contributed by atoms with van der Waals surface area (Å²) in [6.07, 6.45) is 0.945. The number of para-hydroxylation sites is 1. The monoisotopic (exact) mass is 437 g/mol. The van der Waals surface area contributed by atoms with Crippen molar-refractivity contribution in [1.82, 2.24) is 14.8 Å². The number of halogens is 1. The zero-order chi connectivity index (χ0) is 21.7. The number of carbonyl (C=O) groups excluding carboxylic acids is 1. The predicted octanol–water partition coefficient (Wildman–Crippen LogP) is 4.15. The van der Waals surface area contributed by atoms with Gasteiger partial charge in [-0.15, -0.1) is 0 Å². The van der Waals surface area contributed by atoms with Crippen molar-refractivity contribution in [1.29, 1.82) is 0 Å². The number of nitrogens with one attached hydrogen (secondary N) is 1. The van der Waals surface area contributed by atoms with Crippen LogP contribution in [0, 0.1) is 5.92 Å². The minimum atomic E-state index is -0.699.